The molecular formula is C13H21ClN2O3S. The van der Waals surface area contributed by atoms with Crippen molar-refractivity contribution in [1.82, 2.24) is 9.62 Å². The minimum Gasteiger partial charge on any atom is -0.496 e. The number of sulfonamides is 1. The van der Waals surface area contributed by atoms with Gasteiger partial charge in [-0.25, -0.2) is 8.42 Å². The van der Waals surface area contributed by atoms with Crippen molar-refractivity contribution in [3.8, 4) is 5.75 Å². The Morgan fingerprint density at radius 1 is 1.40 bits per heavy atom. The smallest absolute Gasteiger partial charge is 0.243 e. The first-order valence-electron chi connectivity index (χ1n) is 6.30. The Hall–Kier alpha value is -0.820. The second-order valence-electron chi connectivity index (χ2n) is 4.80. The van der Waals surface area contributed by atoms with Crippen molar-refractivity contribution < 1.29 is 13.2 Å². The normalized spacial score (nSPS) is 18.9. The van der Waals surface area contributed by atoms with Crippen LogP contribution in [-0.4, -0.2) is 46.0 Å². The summed E-state index contributed by atoms with van der Waals surface area (Å²) in [5, 5.41) is 3.18. The molecule has 1 unspecified atom stereocenters. The third kappa shape index (κ3) is 3.25. The third-order valence-corrected chi connectivity index (χ3v) is 5.50. The summed E-state index contributed by atoms with van der Waals surface area (Å²) < 4.78 is 31.7. The van der Waals surface area contributed by atoms with Gasteiger partial charge in [0.1, 0.15) is 5.75 Å². The van der Waals surface area contributed by atoms with Gasteiger partial charge < -0.3 is 10.1 Å². The van der Waals surface area contributed by atoms with Crippen LogP contribution < -0.4 is 10.1 Å². The minimum absolute atomic E-state index is 0. The van der Waals surface area contributed by atoms with Crippen LogP contribution in [-0.2, 0) is 10.0 Å². The number of ether oxygens (including phenoxy) is 1. The number of rotatable bonds is 4. The highest BCUT2D eigenvalue weighted by molar-refractivity contribution is 7.89. The quantitative estimate of drug-likeness (QED) is 0.911. The Balaban J connectivity index is 0.00000200. The van der Waals surface area contributed by atoms with Gasteiger partial charge in [0.15, 0.2) is 0 Å². The van der Waals surface area contributed by atoms with E-state index in [2.05, 4.69) is 5.32 Å². The molecule has 0 bridgehead atoms. The fourth-order valence-electron chi connectivity index (χ4n) is 2.32. The summed E-state index contributed by atoms with van der Waals surface area (Å²) in [6.45, 7) is 3.42. The van der Waals surface area contributed by atoms with Crippen LogP contribution in [0.4, 0.5) is 0 Å². The van der Waals surface area contributed by atoms with Gasteiger partial charge in [-0.2, -0.15) is 4.31 Å². The van der Waals surface area contributed by atoms with Crippen LogP contribution in [0.5, 0.6) is 5.75 Å². The fraction of sp³-hybridized carbons (Fsp3) is 0.538. The number of aryl methyl sites for hydroxylation is 1. The summed E-state index contributed by atoms with van der Waals surface area (Å²) in [6, 6.07) is 4.99. The Labute approximate surface area is 126 Å². The monoisotopic (exact) mass is 320 g/mol. The minimum atomic E-state index is -3.43. The predicted octanol–water partition coefficient (Wildman–Crippen LogP) is 1.41. The van der Waals surface area contributed by atoms with E-state index in [0.717, 1.165) is 18.5 Å². The van der Waals surface area contributed by atoms with Gasteiger partial charge in [-0.05, 0) is 43.7 Å². The van der Waals surface area contributed by atoms with Crippen LogP contribution in [0.1, 0.15) is 12.0 Å². The van der Waals surface area contributed by atoms with E-state index in [1.807, 2.05) is 6.92 Å². The first kappa shape index (κ1) is 17.2. The molecule has 1 aromatic rings. The number of nitrogens with zero attached hydrogens (tertiary/aromatic N) is 1. The van der Waals surface area contributed by atoms with Gasteiger partial charge in [-0.3, -0.25) is 0 Å². The third-order valence-electron chi connectivity index (χ3n) is 3.59. The van der Waals surface area contributed by atoms with Gasteiger partial charge in [-0.15, -0.1) is 12.4 Å². The van der Waals surface area contributed by atoms with E-state index in [4.69, 9.17) is 4.74 Å². The Bertz CT molecular complexity index is 557. The summed E-state index contributed by atoms with van der Waals surface area (Å²) >= 11 is 0. The molecule has 0 spiro atoms. The van der Waals surface area contributed by atoms with Crippen LogP contribution in [0.25, 0.3) is 0 Å². The zero-order valence-corrected chi connectivity index (χ0v) is 13.6. The van der Waals surface area contributed by atoms with Crippen molar-refractivity contribution in [1.29, 1.82) is 0 Å². The van der Waals surface area contributed by atoms with E-state index < -0.39 is 10.0 Å². The zero-order valence-electron chi connectivity index (χ0n) is 11.9. The summed E-state index contributed by atoms with van der Waals surface area (Å²) in [6.07, 6.45) is 0.852. The highest BCUT2D eigenvalue weighted by atomic mass is 35.5. The van der Waals surface area contributed by atoms with Crippen molar-refractivity contribution in [3.63, 3.8) is 0 Å². The Kier molecular flexibility index (Phi) is 5.82. The highest BCUT2D eigenvalue weighted by Gasteiger charge is 2.30. The molecule has 1 aromatic carbocycles. The molecule has 0 radical (unpaired) electrons. The lowest BCUT2D eigenvalue weighted by molar-refractivity contribution is 0.387. The van der Waals surface area contributed by atoms with Gasteiger partial charge in [-0.1, -0.05) is 0 Å². The van der Waals surface area contributed by atoms with Gasteiger partial charge >= 0.3 is 0 Å². The summed E-state index contributed by atoms with van der Waals surface area (Å²) in [4.78, 5) is 0.320. The second kappa shape index (κ2) is 6.76. The number of methoxy groups -OCH3 is 1. The van der Waals surface area contributed by atoms with Crippen LogP contribution in [0.2, 0.25) is 0 Å². The molecule has 1 heterocycles. The average molecular weight is 321 g/mol. The first-order chi connectivity index (χ1) is 8.96. The topological polar surface area (TPSA) is 58.6 Å². The largest absolute Gasteiger partial charge is 0.496 e. The molecule has 1 fully saturated rings. The van der Waals surface area contributed by atoms with Crippen molar-refractivity contribution in [2.45, 2.75) is 24.3 Å². The molecule has 0 aromatic heterocycles. The molecule has 114 valence electrons. The number of benzene rings is 1. The first-order valence-corrected chi connectivity index (χ1v) is 7.74. The van der Waals surface area contributed by atoms with E-state index >= 15 is 0 Å². The van der Waals surface area contributed by atoms with Crippen molar-refractivity contribution in [3.05, 3.63) is 23.8 Å². The molecule has 0 aliphatic carbocycles. The van der Waals surface area contributed by atoms with E-state index in [9.17, 15) is 8.42 Å². The Morgan fingerprint density at radius 2 is 2.10 bits per heavy atom. The summed E-state index contributed by atoms with van der Waals surface area (Å²) in [7, 11) is -0.210. The maximum Gasteiger partial charge on any atom is 0.243 e. The van der Waals surface area contributed by atoms with Crippen molar-refractivity contribution in [2.75, 3.05) is 27.2 Å². The Morgan fingerprint density at radius 3 is 2.60 bits per heavy atom. The number of hydrogen-bond acceptors (Lipinski definition) is 4. The molecule has 1 aliphatic heterocycles. The molecule has 7 heteroatoms. The van der Waals surface area contributed by atoms with Gasteiger partial charge in [0.05, 0.1) is 12.0 Å². The fourth-order valence-corrected chi connectivity index (χ4v) is 3.79. The summed E-state index contributed by atoms with van der Waals surface area (Å²) in [5.41, 5.74) is 0.821. The zero-order chi connectivity index (χ0) is 14.0. The number of halogens is 1. The molecular weight excluding hydrogens is 300 g/mol. The lowest BCUT2D eigenvalue weighted by Gasteiger charge is -2.23. The molecule has 1 saturated heterocycles. The van der Waals surface area contributed by atoms with Crippen LogP contribution in [0.15, 0.2) is 23.1 Å². The SMILES string of the molecule is COc1ccc(S(=O)(=O)N(C)C2CCNC2)cc1C.Cl. The molecule has 0 saturated carbocycles. The van der Waals surface area contributed by atoms with E-state index in [-0.39, 0.29) is 18.4 Å². The van der Waals surface area contributed by atoms with Gasteiger partial charge in [0, 0.05) is 19.6 Å². The molecule has 5 nitrogen and oxygen atoms in total. The molecule has 0 amide bonds. The standard InChI is InChI=1S/C13H20N2O3S.ClH/c1-10-8-12(4-5-13(10)18-3)19(16,17)15(2)11-6-7-14-9-11;/h4-5,8,11,14H,6-7,9H2,1-3H3;1H. The number of likely N-dealkylation sites (N-methyl/N-ethyl adjacent to an activating group) is 1. The van der Waals surface area contributed by atoms with Crippen LogP contribution in [0, 0.1) is 6.92 Å². The maximum atomic E-state index is 12.5. The van der Waals surface area contributed by atoms with E-state index in [1.54, 1.807) is 32.4 Å². The van der Waals surface area contributed by atoms with Gasteiger partial charge in [0.25, 0.3) is 0 Å². The molecule has 1 atom stereocenters. The lowest BCUT2D eigenvalue weighted by atomic mass is 10.2. The van der Waals surface area contributed by atoms with Crippen LogP contribution in [0.3, 0.4) is 0 Å². The number of nitrogens with one attached hydrogen (secondary N) is 1. The predicted molar refractivity (Wildman–Crippen MR) is 81.2 cm³/mol. The van der Waals surface area contributed by atoms with E-state index in [0.29, 0.717) is 17.2 Å². The molecule has 1 aliphatic rings. The van der Waals surface area contributed by atoms with E-state index in [1.165, 1.54) is 4.31 Å². The summed E-state index contributed by atoms with van der Waals surface area (Å²) in [5.74, 6) is 0.698. The molecule has 20 heavy (non-hydrogen) atoms. The van der Waals surface area contributed by atoms with Gasteiger partial charge in [0.2, 0.25) is 10.0 Å². The average Bonchev–Trinajstić information content (AvgIpc) is 2.91. The highest BCUT2D eigenvalue weighted by Crippen LogP contribution is 2.24. The molecule has 1 N–H and O–H groups in total. The molecule has 2 rings (SSSR count). The van der Waals surface area contributed by atoms with Crippen molar-refractivity contribution >= 4 is 22.4 Å². The van der Waals surface area contributed by atoms with Crippen molar-refractivity contribution in [2.24, 2.45) is 0 Å². The maximum absolute atomic E-state index is 12.5. The lowest BCUT2D eigenvalue weighted by Crippen LogP contribution is -2.38. The number of hydrogen-bond donors (Lipinski definition) is 1. The van der Waals surface area contributed by atoms with Crippen LogP contribution >= 0.6 is 12.4 Å². The second-order valence-corrected chi connectivity index (χ2v) is 6.80.